The molecule has 0 saturated carbocycles. The third kappa shape index (κ3) is 1.48. The minimum Gasteiger partial charge on any atom is -0.381 e. The van der Waals surface area contributed by atoms with Crippen LogP contribution in [0.5, 0.6) is 0 Å². The molecule has 0 bridgehead atoms. The molecule has 0 aromatic carbocycles. The summed E-state index contributed by atoms with van der Waals surface area (Å²) >= 11 is 0. The fourth-order valence-corrected chi connectivity index (χ4v) is 1.43. The standard InChI is InChI=1S/C8H11N3O3/c1-6-8(11(12)13)2-9-10(6)3-7-4-14-5-7/h2,7H,3-5H2,1H3. The third-order valence-corrected chi connectivity index (χ3v) is 2.41. The lowest BCUT2D eigenvalue weighted by Gasteiger charge is -2.25. The largest absolute Gasteiger partial charge is 0.381 e. The Labute approximate surface area is 80.6 Å². The fraction of sp³-hybridized carbons (Fsp3) is 0.625. The number of nitro groups is 1. The van der Waals surface area contributed by atoms with Crippen molar-refractivity contribution >= 4 is 5.69 Å². The van der Waals surface area contributed by atoms with Gasteiger partial charge in [0.2, 0.25) is 0 Å². The second-order valence-corrected chi connectivity index (χ2v) is 3.46. The van der Waals surface area contributed by atoms with Crippen molar-refractivity contribution in [2.24, 2.45) is 5.92 Å². The van der Waals surface area contributed by atoms with Gasteiger partial charge in [-0.15, -0.1) is 0 Å². The van der Waals surface area contributed by atoms with Crippen molar-refractivity contribution in [3.63, 3.8) is 0 Å². The van der Waals surface area contributed by atoms with Crippen LogP contribution in [0.3, 0.4) is 0 Å². The number of aromatic nitrogens is 2. The first-order valence-electron chi connectivity index (χ1n) is 4.43. The lowest BCUT2D eigenvalue weighted by Crippen LogP contribution is -2.32. The molecule has 0 atom stereocenters. The van der Waals surface area contributed by atoms with E-state index in [2.05, 4.69) is 5.10 Å². The maximum atomic E-state index is 10.5. The van der Waals surface area contributed by atoms with E-state index >= 15 is 0 Å². The SMILES string of the molecule is Cc1c([N+](=O)[O-])cnn1CC1COC1. The van der Waals surface area contributed by atoms with Crippen molar-refractivity contribution in [3.05, 3.63) is 22.0 Å². The average molecular weight is 197 g/mol. The fourth-order valence-electron chi connectivity index (χ4n) is 1.43. The Morgan fingerprint density at radius 2 is 2.50 bits per heavy atom. The summed E-state index contributed by atoms with van der Waals surface area (Å²) in [6, 6.07) is 0. The molecule has 2 rings (SSSR count). The highest BCUT2D eigenvalue weighted by Crippen LogP contribution is 2.19. The lowest BCUT2D eigenvalue weighted by molar-refractivity contribution is -0.385. The van der Waals surface area contributed by atoms with Crippen LogP contribution < -0.4 is 0 Å². The Bertz CT molecular complexity index is 357. The van der Waals surface area contributed by atoms with Crippen molar-refractivity contribution in [2.45, 2.75) is 13.5 Å². The highest BCUT2D eigenvalue weighted by molar-refractivity contribution is 5.31. The molecule has 76 valence electrons. The van der Waals surface area contributed by atoms with Crippen LogP contribution in [-0.2, 0) is 11.3 Å². The molecule has 6 heteroatoms. The monoisotopic (exact) mass is 197 g/mol. The van der Waals surface area contributed by atoms with Gasteiger partial charge in [-0.05, 0) is 6.92 Å². The van der Waals surface area contributed by atoms with Gasteiger partial charge in [-0.3, -0.25) is 14.8 Å². The first-order chi connectivity index (χ1) is 6.68. The average Bonchev–Trinajstić information content (AvgIpc) is 2.40. The molecule has 14 heavy (non-hydrogen) atoms. The Morgan fingerprint density at radius 3 is 2.93 bits per heavy atom. The first-order valence-corrected chi connectivity index (χ1v) is 4.43. The van der Waals surface area contributed by atoms with Gasteiger partial charge in [-0.25, -0.2) is 0 Å². The van der Waals surface area contributed by atoms with Gasteiger partial charge in [0.15, 0.2) is 0 Å². The van der Waals surface area contributed by atoms with Gasteiger partial charge in [0, 0.05) is 12.5 Å². The number of hydrogen-bond acceptors (Lipinski definition) is 4. The highest BCUT2D eigenvalue weighted by Gasteiger charge is 2.23. The Kier molecular flexibility index (Phi) is 2.20. The topological polar surface area (TPSA) is 70.2 Å². The Hall–Kier alpha value is -1.43. The highest BCUT2D eigenvalue weighted by atomic mass is 16.6. The molecule has 0 amide bonds. The molecule has 0 N–H and O–H groups in total. The summed E-state index contributed by atoms with van der Waals surface area (Å²) in [6.45, 7) is 3.88. The molecule has 1 aromatic rings. The van der Waals surface area contributed by atoms with Crippen LogP contribution in [0, 0.1) is 23.0 Å². The smallest absolute Gasteiger partial charge is 0.309 e. The number of hydrogen-bond donors (Lipinski definition) is 0. The van der Waals surface area contributed by atoms with Crippen LogP contribution in [0.4, 0.5) is 5.69 Å². The summed E-state index contributed by atoms with van der Waals surface area (Å²) in [5.41, 5.74) is 0.701. The van der Waals surface area contributed by atoms with Crippen LogP contribution in [0.2, 0.25) is 0 Å². The molecular weight excluding hydrogens is 186 g/mol. The van der Waals surface area contributed by atoms with Gasteiger partial charge >= 0.3 is 5.69 Å². The normalized spacial score (nSPS) is 16.6. The zero-order valence-corrected chi connectivity index (χ0v) is 7.84. The van der Waals surface area contributed by atoms with Crippen LogP contribution in [0.25, 0.3) is 0 Å². The molecule has 6 nitrogen and oxygen atoms in total. The van der Waals surface area contributed by atoms with Crippen LogP contribution in [0.15, 0.2) is 6.20 Å². The molecular formula is C8H11N3O3. The van der Waals surface area contributed by atoms with E-state index in [1.807, 2.05) is 0 Å². The Morgan fingerprint density at radius 1 is 1.79 bits per heavy atom. The van der Waals surface area contributed by atoms with Crippen molar-refractivity contribution in [2.75, 3.05) is 13.2 Å². The predicted octanol–water partition coefficient (Wildman–Crippen LogP) is 0.746. The van der Waals surface area contributed by atoms with Gasteiger partial charge in [0.05, 0.1) is 18.1 Å². The molecule has 1 aliphatic rings. The molecule has 1 aromatic heterocycles. The van der Waals surface area contributed by atoms with E-state index in [0.717, 1.165) is 13.2 Å². The number of rotatable bonds is 3. The number of ether oxygens (including phenoxy) is 1. The van der Waals surface area contributed by atoms with Gasteiger partial charge < -0.3 is 4.74 Å². The maximum Gasteiger partial charge on any atom is 0.309 e. The van der Waals surface area contributed by atoms with Gasteiger partial charge in [0.1, 0.15) is 11.9 Å². The Balaban J connectivity index is 2.13. The second kappa shape index (κ2) is 3.38. The quantitative estimate of drug-likeness (QED) is 0.529. The maximum absolute atomic E-state index is 10.5. The third-order valence-electron chi connectivity index (χ3n) is 2.41. The molecule has 1 saturated heterocycles. The van der Waals surface area contributed by atoms with Crippen molar-refractivity contribution in [1.29, 1.82) is 0 Å². The van der Waals surface area contributed by atoms with E-state index in [-0.39, 0.29) is 5.69 Å². The zero-order valence-electron chi connectivity index (χ0n) is 7.84. The minimum atomic E-state index is -0.407. The van der Waals surface area contributed by atoms with E-state index in [0.29, 0.717) is 18.2 Å². The van der Waals surface area contributed by atoms with E-state index < -0.39 is 4.92 Å². The zero-order chi connectivity index (χ0) is 10.1. The van der Waals surface area contributed by atoms with Crippen molar-refractivity contribution < 1.29 is 9.66 Å². The molecule has 1 fully saturated rings. The van der Waals surface area contributed by atoms with Crippen molar-refractivity contribution in [1.82, 2.24) is 9.78 Å². The summed E-state index contributed by atoms with van der Waals surface area (Å²) in [6.07, 6.45) is 1.30. The molecule has 0 radical (unpaired) electrons. The summed E-state index contributed by atoms with van der Waals surface area (Å²) in [7, 11) is 0. The summed E-state index contributed by atoms with van der Waals surface area (Å²) < 4.78 is 6.70. The van der Waals surface area contributed by atoms with Crippen molar-refractivity contribution in [3.8, 4) is 0 Å². The second-order valence-electron chi connectivity index (χ2n) is 3.46. The molecule has 1 aliphatic heterocycles. The minimum absolute atomic E-state index is 0.0882. The predicted molar refractivity (Wildman–Crippen MR) is 47.9 cm³/mol. The van der Waals surface area contributed by atoms with Gasteiger partial charge in [-0.2, -0.15) is 5.10 Å². The van der Waals surface area contributed by atoms with Crippen LogP contribution >= 0.6 is 0 Å². The van der Waals surface area contributed by atoms with E-state index in [4.69, 9.17) is 4.74 Å². The number of nitrogens with zero attached hydrogens (tertiary/aromatic N) is 3. The van der Waals surface area contributed by atoms with E-state index in [1.165, 1.54) is 6.20 Å². The summed E-state index contributed by atoms with van der Waals surface area (Å²) in [5, 5.41) is 14.5. The molecule has 0 unspecified atom stereocenters. The molecule has 2 heterocycles. The van der Waals surface area contributed by atoms with Gasteiger partial charge in [0.25, 0.3) is 0 Å². The van der Waals surface area contributed by atoms with Crippen LogP contribution in [-0.4, -0.2) is 27.9 Å². The summed E-state index contributed by atoms with van der Waals surface area (Å²) in [5.74, 6) is 0.452. The van der Waals surface area contributed by atoms with Gasteiger partial charge in [-0.1, -0.05) is 0 Å². The molecule has 0 aliphatic carbocycles. The summed E-state index contributed by atoms with van der Waals surface area (Å²) in [4.78, 5) is 10.1. The molecule has 0 spiro atoms. The lowest BCUT2D eigenvalue weighted by atomic mass is 10.1. The first kappa shape index (κ1) is 9.14. The van der Waals surface area contributed by atoms with Crippen LogP contribution in [0.1, 0.15) is 5.69 Å². The van der Waals surface area contributed by atoms with E-state index in [9.17, 15) is 10.1 Å². The van der Waals surface area contributed by atoms with E-state index in [1.54, 1.807) is 11.6 Å².